The molecule has 0 saturated carbocycles. The molecule has 1 aromatic carbocycles. The van der Waals surface area contributed by atoms with Gasteiger partial charge in [-0.3, -0.25) is 9.69 Å². The minimum absolute atomic E-state index is 0.144. The maximum atomic E-state index is 10.6. The number of hydrogen-bond donors (Lipinski definition) is 1. The van der Waals surface area contributed by atoms with E-state index in [1.54, 1.807) is 0 Å². The molecule has 0 atom stereocenters. The van der Waals surface area contributed by atoms with Crippen LogP contribution in [0, 0.1) is 6.92 Å². The van der Waals surface area contributed by atoms with Gasteiger partial charge in [0, 0.05) is 36.3 Å². The van der Waals surface area contributed by atoms with Crippen molar-refractivity contribution < 1.29 is 9.90 Å². The summed E-state index contributed by atoms with van der Waals surface area (Å²) >= 11 is 3.54. The molecule has 1 aliphatic rings. The number of benzene rings is 1. The van der Waals surface area contributed by atoms with Crippen LogP contribution in [0.4, 0.5) is 5.69 Å². The Hall–Kier alpha value is -1.07. The van der Waals surface area contributed by atoms with Gasteiger partial charge in [-0.25, -0.2) is 0 Å². The summed E-state index contributed by atoms with van der Waals surface area (Å²) in [5, 5.41) is 8.75. The monoisotopic (exact) mass is 312 g/mol. The number of carboxylic acids is 1. The Balaban J connectivity index is 1.96. The lowest BCUT2D eigenvalue weighted by Gasteiger charge is -2.35. The summed E-state index contributed by atoms with van der Waals surface area (Å²) < 4.78 is 1.12. The molecule has 18 heavy (non-hydrogen) atoms. The van der Waals surface area contributed by atoms with Crippen LogP contribution in [0.15, 0.2) is 22.7 Å². The predicted molar refractivity (Wildman–Crippen MR) is 75.2 cm³/mol. The summed E-state index contributed by atoms with van der Waals surface area (Å²) in [5.41, 5.74) is 2.42. The summed E-state index contributed by atoms with van der Waals surface area (Å²) in [4.78, 5) is 14.9. The molecule has 0 aromatic heterocycles. The van der Waals surface area contributed by atoms with Crippen molar-refractivity contribution in [3.8, 4) is 0 Å². The number of carboxylic acid groups (broad SMARTS) is 1. The summed E-state index contributed by atoms with van der Waals surface area (Å²) in [7, 11) is 0. The molecule has 1 aliphatic heterocycles. The molecule has 4 nitrogen and oxygen atoms in total. The first-order valence-corrected chi connectivity index (χ1v) is 6.81. The molecule has 1 N–H and O–H groups in total. The fourth-order valence-corrected chi connectivity index (χ4v) is 2.50. The molecule has 1 fully saturated rings. The van der Waals surface area contributed by atoms with E-state index >= 15 is 0 Å². The van der Waals surface area contributed by atoms with Crippen molar-refractivity contribution in [3.63, 3.8) is 0 Å². The number of aliphatic carboxylic acids is 1. The van der Waals surface area contributed by atoms with E-state index in [2.05, 4.69) is 46.0 Å². The van der Waals surface area contributed by atoms with Crippen molar-refractivity contribution in [2.45, 2.75) is 6.92 Å². The SMILES string of the molecule is Cc1ccc(N2CCN(CC(=O)O)CC2)cc1Br. The highest BCUT2D eigenvalue weighted by Gasteiger charge is 2.18. The number of aryl methyl sites for hydroxylation is 1. The summed E-state index contributed by atoms with van der Waals surface area (Å²) in [6, 6.07) is 6.35. The van der Waals surface area contributed by atoms with E-state index in [1.807, 2.05) is 4.90 Å². The molecule has 0 unspecified atom stereocenters. The smallest absolute Gasteiger partial charge is 0.317 e. The number of hydrogen-bond acceptors (Lipinski definition) is 3. The van der Waals surface area contributed by atoms with E-state index < -0.39 is 5.97 Å². The van der Waals surface area contributed by atoms with Gasteiger partial charge in [0.05, 0.1) is 6.54 Å². The van der Waals surface area contributed by atoms with Crippen molar-refractivity contribution in [1.82, 2.24) is 4.90 Å². The molecular weight excluding hydrogens is 296 g/mol. The van der Waals surface area contributed by atoms with Gasteiger partial charge in [-0.15, -0.1) is 0 Å². The average Bonchev–Trinajstić information content (AvgIpc) is 2.33. The second kappa shape index (κ2) is 5.71. The fraction of sp³-hybridized carbons (Fsp3) is 0.462. The normalized spacial score (nSPS) is 16.9. The highest BCUT2D eigenvalue weighted by Crippen LogP contribution is 2.24. The molecule has 2 rings (SSSR count). The van der Waals surface area contributed by atoms with Gasteiger partial charge >= 0.3 is 5.97 Å². The molecule has 0 radical (unpaired) electrons. The first-order valence-electron chi connectivity index (χ1n) is 6.01. The van der Waals surface area contributed by atoms with Crippen LogP contribution in [0.25, 0.3) is 0 Å². The van der Waals surface area contributed by atoms with Crippen LogP contribution in [0.5, 0.6) is 0 Å². The van der Waals surface area contributed by atoms with Crippen LogP contribution in [0.1, 0.15) is 5.56 Å². The zero-order chi connectivity index (χ0) is 13.1. The van der Waals surface area contributed by atoms with Crippen LogP contribution >= 0.6 is 15.9 Å². The van der Waals surface area contributed by atoms with Crippen molar-refractivity contribution >= 4 is 27.6 Å². The second-order valence-corrected chi connectivity index (χ2v) is 5.44. The molecule has 0 amide bonds. The molecule has 1 saturated heterocycles. The Morgan fingerprint density at radius 3 is 2.56 bits per heavy atom. The third-order valence-electron chi connectivity index (χ3n) is 3.25. The first kappa shape index (κ1) is 13.4. The minimum Gasteiger partial charge on any atom is -0.480 e. The number of halogens is 1. The number of carbonyl (C=O) groups is 1. The summed E-state index contributed by atoms with van der Waals surface area (Å²) in [6.45, 7) is 5.57. The first-order chi connectivity index (χ1) is 8.56. The van der Waals surface area contributed by atoms with E-state index in [1.165, 1.54) is 11.3 Å². The lowest BCUT2D eigenvalue weighted by molar-refractivity contribution is -0.138. The van der Waals surface area contributed by atoms with E-state index in [0.717, 1.165) is 30.7 Å². The Kier molecular flexibility index (Phi) is 4.24. The molecular formula is C13H17BrN2O2. The molecule has 1 aromatic rings. The zero-order valence-corrected chi connectivity index (χ0v) is 12.0. The maximum absolute atomic E-state index is 10.6. The van der Waals surface area contributed by atoms with Gasteiger partial charge in [-0.1, -0.05) is 22.0 Å². The van der Waals surface area contributed by atoms with Gasteiger partial charge in [0.1, 0.15) is 0 Å². The van der Waals surface area contributed by atoms with Gasteiger partial charge in [0.25, 0.3) is 0 Å². The predicted octanol–water partition coefficient (Wildman–Crippen LogP) is 1.96. The lowest BCUT2D eigenvalue weighted by Crippen LogP contribution is -2.48. The van der Waals surface area contributed by atoms with Crippen LogP contribution in [0.2, 0.25) is 0 Å². The van der Waals surface area contributed by atoms with Crippen LogP contribution < -0.4 is 4.90 Å². The quantitative estimate of drug-likeness (QED) is 0.926. The molecule has 0 bridgehead atoms. The zero-order valence-electron chi connectivity index (χ0n) is 10.4. The third-order valence-corrected chi connectivity index (χ3v) is 4.11. The Morgan fingerprint density at radius 1 is 1.33 bits per heavy atom. The number of rotatable bonds is 3. The molecule has 0 spiro atoms. The van der Waals surface area contributed by atoms with Gasteiger partial charge in [0.15, 0.2) is 0 Å². The van der Waals surface area contributed by atoms with E-state index in [-0.39, 0.29) is 6.54 Å². The number of anilines is 1. The van der Waals surface area contributed by atoms with E-state index in [9.17, 15) is 4.79 Å². The van der Waals surface area contributed by atoms with Gasteiger partial charge < -0.3 is 10.0 Å². The molecule has 1 heterocycles. The highest BCUT2D eigenvalue weighted by atomic mass is 79.9. The summed E-state index contributed by atoms with van der Waals surface area (Å²) in [6.07, 6.45) is 0. The fourth-order valence-electron chi connectivity index (χ4n) is 2.13. The Morgan fingerprint density at radius 2 is 2.00 bits per heavy atom. The van der Waals surface area contributed by atoms with Crippen LogP contribution in [-0.4, -0.2) is 48.7 Å². The minimum atomic E-state index is -0.749. The van der Waals surface area contributed by atoms with Crippen molar-refractivity contribution in [2.24, 2.45) is 0 Å². The van der Waals surface area contributed by atoms with Crippen molar-refractivity contribution in [3.05, 3.63) is 28.2 Å². The molecule has 5 heteroatoms. The number of piperazine rings is 1. The topological polar surface area (TPSA) is 43.8 Å². The lowest BCUT2D eigenvalue weighted by atomic mass is 10.2. The second-order valence-electron chi connectivity index (χ2n) is 4.59. The molecule has 98 valence electrons. The third kappa shape index (κ3) is 3.23. The summed E-state index contributed by atoms with van der Waals surface area (Å²) in [5.74, 6) is -0.749. The van der Waals surface area contributed by atoms with E-state index in [4.69, 9.17) is 5.11 Å². The van der Waals surface area contributed by atoms with E-state index in [0.29, 0.717) is 0 Å². The highest BCUT2D eigenvalue weighted by molar-refractivity contribution is 9.10. The van der Waals surface area contributed by atoms with Crippen molar-refractivity contribution in [2.75, 3.05) is 37.6 Å². The Bertz CT molecular complexity index is 443. The average molecular weight is 313 g/mol. The van der Waals surface area contributed by atoms with Crippen LogP contribution in [-0.2, 0) is 4.79 Å². The molecule has 0 aliphatic carbocycles. The van der Waals surface area contributed by atoms with Gasteiger partial charge in [0.2, 0.25) is 0 Å². The van der Waals surface area contributed by atoms with Crippen molar-refractivity contribution in [1.29, 1.82) is 0 Å². The maximum Gasteiger partial charge on any atom is 0.317 e. The largest absolute Gasteiger partial charge is 0.480 e. The Labute approximate surface area is 115 Å². The van der Waals surface area contributed by atoms with Crippen LogP contribution in [0.3, 0.4) is 0 Å². The standard InChI is InChI=1S/C13H17BrN2O2/c1-10-2-3-11(8-12(10)14)16-6-4-15(5-7-16)9-13(17)18/h2-3,8H,4-7,9H2,1H3,(H,17,18). The number of nitrogens with zero attached hydrogens (tertiary/aromatic N) is 2. The van der Waals surface area contributed by atoms with Gasteiger partial charge in [-0.05, 0) is 24.6 Å². The van der Waals surface area contributed by atoms with Gasteiger partial charge in [-0.2, -0.15) is 0 Å².